The summed E-state index contributed by atoms with van der Waals surface area (Å²) in [4.78, 5) is 0.187. The molecule has 0 bridgehead atoms. The second kappa shape index (κ2) is 6.56. The fourth-order valence-electron chi connectivity index (χ4n) is 2.30. The van der Waals surface area contributed by atoms with Crippen LogP contribution in [-0.2, 0) is 14.8 Å². The maximum atomic E-state index is 12.3. The third kappa shape index (κ3) is 3.71. The van der Waals surface area contributed by atoms with E-state index in [2.05, 4.69) is 4.72 Å². The van der Waals surface area contributed by atoms with E-state index in [1.165, 1.54) is 7.11 Å². The van der Waals surface area contributed by atoms with E-state index in [0.717, 1.165) is 25.0 Å². The van der Waals surface area contributed by atoms with Crippen LogP contribution in [0.1, 0.15) is 24.8 Å². The lowest BCUT2D eigenvalue weighted by Crippen LogP contribution is -2.27. The van der Waals surface area contributed by atoms with Gasteiger partial charge in [0.15, 0.2) is 0 Å². The molecule has 1 fully saturated rings. The monoisotopic (exact) mass is 299 g/mol. The van der Waals surface area contributed by atoms with E-state index in [-0.39, 0.29) is 11.0 Å². The van der Waals surface area contributed by atoms with Crippen LogP contribution < -0.4 is 9.46 Å². The van der Waals surface area contributed by atoms with Crippen LogP contribution in [0.4, 0.5) is 0 Å². The largest absolute Gasteiger partial charge is 0.495 e. The molecule has 20 heavy (non-hydrogen) atoms. The fourth-order valence-corrected chi connectivity index (χ4v) is 3.60. The third-order valence-corrected chi connectivity index (χ3v) is 4.87. The van der Waals surface area contributed by atoms with Crippen molar-refractivity contribution in [2.45, 2.75) is 37.2 Å². The first-order valence-corrected chi connectivity index (χ1v) is 8.27. The number of benzene rings is 1. The summed E-state index contributed by atoms with van der Waals surface area (Å²) in [7, 11) is -2.08. The first kappa shape index (κ1) is 15.3. The van der Waals surface area contributed by atoms with Crippen LogP contribution in [0.25, 0.3) is 0 Å². The summed E-state index contributed by atoms with van der Waals surface area (Å²) in [5.41, 5.74) is 0.880. The van der Waals surface area contributed by atoms with Crippen molar-refractivity contribution >= 4 is 10.0 Å². The summed E-state index contributed by atoms with van der Waals surface area (Å²) in [5, 5.41) is 0. The van der Waals surface area contributed by atoms with E-state index in [1.54, 1.807) is 12.1 Å². The molecular formula is C14H21NO4S. The summed E-state index contributed by atoms with van der Waals surface area (Å²) in [6.07, 6.45) is 2.95. The molecule has 1 atom stereocenters. The second-order valence-corrected chi connectivity index (χ2v) is 6.71. The average molecular weight is 299 g/mol. The molecule has 5 nitrogen and oxygen atoms in total. The molecule has 1 N–H and O–H groups in total. The Balaban J connectivity index is 2.03. The maximum absolute atomic E-state index is 12.3. The lowest BCUT2D eigenvalue weighted by molar-refractivity contribution is 0.105. The van der Waals surface area contributed by atoms with Gasteiger partial charge in [0.2, 0.25) is 10.0 Å². The summed E-state index contributed by atoms with van der Waals surface area (Å²) >= 11 is 0. The van der Waals surface area contributed by atoms with Crippen molar-refractivity contribution in [3.8, 4) is 5.75 Å². The molecule has 1 saturated heterocycles. The zero-order valence-electron chi connectivity index (χ0n) is 11.9. The van der Waals surface area contributed by atoms with Crippen LogP contribution in [0.15, 0.2) is 23.1 Å². The highest BCUT2D eigenvalue weighted by Crippen LogP contribution is 2.24. The molecule has 6 heteroatoms. The van der Waals surface area contributed by atoms with Crippen molar-refractivity contribution in [2.75, 3.05) is 20.3 Å². The van der Waals surface area contributed by atoms with Crippen molar-refractivity contribution in [1.29, 1.82) is 0 Å². The summed E-state index contributed by atoms with van der Waals surface area (Å²) in [6.45, 7) is 3.01. The van der Waals surface area contributed by atoms with E-state index in [9.17, 15) is 8.42 Å². The van der Waals surface area contributed by atoms with Crippen LogP contribution in [0.3, 0.4) is 0 Å². The topological polar surface area (TPSA) is 64.6 Å². The Morgan fingerprint density at radius 2 is 2.25 bits per heavy atom. The highest BCUT2D eigenvalue weighted by atomic mass is 32.2. The van der Waals surface area contributed by atoms with Crippen molar-refractivity contribution < 1.29 is 17.9 Å². The first-order chi connectivity index (χ1) is 9.53. The lowest BCUT2D eigenvalue weighted by atomic mass is 10.2. The van der Waals surface area contributed by atoms with E-state index < -0.39 is 10.0 Å². The van der Waals surface area contributed by atoms with E-state index in [1.807, 2.05) is 13.0 Å². The molecule has 0 radical (unpaired) electrons. The molecule has 0 aliphatic carbocycles. The van der Waals surface area contributed by atoms with Crippen molar-refractivity contribution in [1.82, 2.24) is 4.72 Å². The summed E-state index contributed by atoms with van der Waals surface area (Å²) in [5.74, 6) is 0.361. The van der Waals surface area contributed by atoms with Gasteiger partial charge in [0.1, 0.15) is 10.6 Å². The molecule has 1 aliphatic rings. The maximum Gasteiger partial charge on any atom is 0.244 e. The molecule has 1 aromatic carbocycles. The van der Waals surface area contributed by atoms with Gasteiger partial charge in [0.05, 0.1) is 13.2 Å². The summed E-state index contributed by atoms with van der Waals surface area (Å²) in [6, 6.07) is 5.11. The molecule has 0 spiro atoms. The Hall–Kier alpha value is -1.11. The molecule has 112 valence electrons. The molecule has 1 aliphatic heterocycles. The molecule has 0 aromatic heterocycles. The molecule has 0 amide bonds. The number of rotatable bonds is 6. The molecule has 1 unspecified atom stereocenters. The zero-order chi connectivity index (χ0) is 14.6. The Morgan fingerprint density at radius 3 is 2.90 bits per heavy atom. The number of hydrogen-bond donors (Lipinski definition) is 1. The highest BCUT2D eigenvalue weighted by Gasteiger charge is 2.21. The average Bonchev–Trinajstić information content (AvgIpc) is 2.91. The molecule has 1 aromatic rings. The van der Waals surface area contributed by atoms with E-state index in [0.29, 0.717) is 18.7 Å². The number of ether oxygens (including phenoxy) is 2. The van der Waals surface area contributed by atoms with Crippen LogP contribution >= 0.6 is 0 Å². The quantitative estimate of drug-likeness (QED) is 0.870. The standard InChI is InChI=1S/C14H21NO4S/c1-11-5-6-13(18-2)14(10-11)20(16,17)15-8-7-12-4-3-9-19-12/h5-6,10,12,15H,3-4,7-9H2,1-2H3. The lowest BCUT2D eigenvalue weighted by Gasteiger charge is -2.13. The van der Waals surface area contributed by atoms with Gasteiger partial charge in [-0.25, -0.2) is 13.1 Å². The van der Waals surface area contributed by atoms with Gasteiger partial charge in [-0.3, -0.25) is 0 Å². The van der Waals surface area contributed by atoms with Crippen LogP contribution in [0, 0.1) is 6.92 Å². The van der Waals surface area contributed by atoms with Gasteiger partial charge in [0, 0.05) is 13.2 Å². The number of hydrogen-bond acceptors (Lipinski definition) is 4. The number of methoxy groups -OCH3 is 1. The van der Waals surface area contributed by atoms with Gasteiger partial charge in [-0.05, 0) is 43.9 Å². The smallest absolute Gasteiger partial charge is 0.244 e. The number of nitrogens with one attached hydrogen (secondary N) is 1. The highest BCUT2D eigenvalue weighted by molar-refractivity contribution is 7.89. The number of sulfonamides is 1. The number of aryl methyl sites for hydroxylation is 1. The Kier molecular flexibility index (Phi) is 5.01. The molecule has 1 heterocycles. The van der Waals surface area contributed by atoms with Gasteiger partial charge in [-0.2, -0.15) is 0 Å². The fraction of sp³-hybridized carbons (Fsp3) is 0.571. The van der Waals surface area contributed by atoms with Crippen LogP contribution in [0.2, 0.25) is 0 Å². The van der Waals surface area contributed by atoms with E-state index >= 15 is 0 Å². The van der Waals surface area contributed by atoms with Crippen molar-refractivity contribution in [2.24, 2.45) is 0 Å². The first-order valence-electron chi connectivity index (χ1n) is 6.79. The Morgan fingerprint density at radius 1 is 1.45 bits per heavy atom. The van der Waals surface area contributed by atoms with Gasteiger partial charge >= 0.3 is 0 Å². The molecule has 2 rings (SSSR count). The Labute approximate surface area is 120 Å². The zero-order valence-corrected chi connectivity index (χ0v) is 12.7. The minimum atomic E-state index is -3.55. The minimum absolute atomic E-state index is 0.178. The predicted octanol–water partition coefficient (Wildman–Crippen LogP) is 1.85. The van der Waals surface area contributed by atoms with E-state index in [4.69, 9.17) is 9.47 Å². The summed E-state index contributed by atoms with van der Waals surface area (Å²) < 4.78 is 37.8. The second-order valence-electron chi connectivity index (χ2n) is 4.98. The van der Waals surface area contributed by atoms with Crippen LogP contribution in [-0.4, -0.2) is 34.8 Å². The third-order valence-electron chi connectivity index (χ3n) is 3.39. The molecular weight excluding hydrogens is 278 g/mol. The van der Waals surface area contributed by atoms with Crippen molar-refractivity contribution in [3.63, 3.8) is 0 Å². The van der Waals surface area contributed by atoms with Gasteiger partial charge in [-0.1, -0.05) is 6.07 Å². The van der Waals surface area contributed by atoms with Gasteiger partial charge < -0.3 is 9.47 Å². The minimum Gasteiger partial charge on any atom is -0.495 e. The SMILES string of the molecule is COc1ccc(C)cc1S(=O)(=O)NCCC1CCCO1. The van der Waals surface area contributed by atoms with Gasteiger partial charge in [-0.15, -0.1) is 0 Å². The predicted molar refractivity (Wildman–Crippen MR) is 76.5 cm³/mol. The van der Waals surface area contributed by atoms with Crippen molar-refractivity contribution in [3.05, 3.63) is 23.8 Å². The van der Waals surface area contributed by atoms with Crippen LogP contribution in [0.5, 0.6) is 5.75 Å². The Bertz CT molecular complexity index is 550. The molecule has 0 saturated carbocycles. The van der Waals surface area contributed by atoms with Gasteiger partial charge in [0.25, 0.3) is 0 Å². The normalized spacial score (nSPS) is 19.2.